The van der Waals surface area contributed by atoms with Crippen LogP contribution < -0.4 is 11.2 Å². The molecule has 186 valence electrons. The SMILES string of the molecule is C#CC1(Cl)C(CO)[C@@H]([C@H](C)OP(=O)(O)OP(=O)(O)OP(=O)(O)O)O[C@H]1n1ncc(=O)[nH]c1=O. The van der Waals surface area contributed by atoms with Crippen molar-refractivity contribution in [2.45, 2.75) is 30.2 Å². The number of terminal acetylenes is 1. The Hall–Kier alpha value is -1.21. The maximum atomic E-state index is 12.1. The van der Waals surface area contributed by atoms with E-state index in [9.17, 15) is 38.2 Å². The molecule has 1 fully saturated rings. The van der Waals surface area contributed by atoms with Gasteiger partial charge in [0.15, 0.2) is 11.1 Å². The first-order chi connectivity index (χ1) is 14.9. The van der Waals surface area contributed by atoms with Crippen molar-refractivity contribution in [1.82, 2.24) is 14.8 Å². The summed E-state index contributed by atoms with van der Waals surface area (Å²) in [6, 6.07) is 0. The highest BCUT2D eigenvalue weighted by atomic mass is 35.5. The quantitative estimate of drug-likeness (QED) is 0.118. The number of hydrogen-bond donors (Lipinski definition) is 6. The number of nitrogens with zero attached hydrogens (tertiary/aromatic N) is 2. The number of aliphatic hydroxyl groups excluding tert-OH is 1. The van der Waals surface area contributed by atoms with Gasteiger partial charge in [-0.3, -0.25) is 14.3 Å². The zero-order valence-corrected chi connectivity index (χ0v) is 19.6. The van der Waals surface area contributed by atoms with Crippen molar-refractivity contribution in [2.75, 3.05) is 6.61 Å². The molecule has 21 heteroatoms. The minimum absolute atomic E-state index is 0.550. The van der Waals surface area contributed by atoms with Gasteiger partial charge in [0.1, 0.15) is 6.20 Å². The first-order valence-corrected chi connectivity index (χ1v) is 13.3. The molecule has 0 aromatic carbocycles. The standard InChI is InChI=1S/C12H17ClN3O14P3/c1-3-12(13)7(5-17)9(27-10(12)16-11(19)15-8(18)4-14-16)6(2)28-32(23,24)30-33(25,26)29-31(20,21)22/h1,4,6-7,9-10,17H,5H2,2H3,(H,23,24)(H,25,26)(H,15,18,19)(H2,20,21,22)/t6-,7?,9+,10+,12?/m0/s1. The molecular weight excluding hydrogens is 539 g/mol. The Balaban J connectivity index is 2.33. The Kier molecular flexibility index (Phi) is 8.33. The van der Waals surface area contributed by atoms with Crippen molar-refractivity contribution in [1.29, 1.82) is 0 Å². The van der Waals surface area contributed by atoms with Gasteiger partial charge in [-0.1, -0.05) is 17.5 Å². The third kappa shape index (κ3) is 6.68. The molecule has 0 saturated carbocycles. The van der Waals surface area contributed by atoms with E-state index >= 15 is 0 Å². The van der Waals surface area contributed by atoms with E-state index in [2.05, 4.69) is 24.2 Å². The number of aliphatic hydroxyl groups is 1. The molecular formula is C12H17ClN3O14P3. The van der Waals surface area contributed by atoms with Gasteiger partial charge in [0.25, 0.3) is 5.56 Å². The molecule has 1 aromatic heterocycles. The van der Waals surface area contributed by atoms with Gasteiger partial charge in [0.05, 0.1) is 18.8 Å². The number of rotatable bonds is 9. The molecule has 33 heavy (non-hydrogen) atoms. The summed E-state index contributed by atoms with van der Waals surface area (Å²) in [5.74, 6) is 0.814. The number of halogens is 1. The molecule has 2 rings (SSSR count). The second-order valence-corrected chi connectivity index (χ2v) is 11.4. The first-order valence-electron chi connectivity index (χ1n) is 8.38. The number of phosphoric ester groups is 1. The number of nitrogens with one attached hydrogen (secondary N) is 1. The Morgan fingerprint density at radius 3 is 2.39 bits per heavy atom. The summed E-state index contributed by atoms with van der Waals surface area (Å²) in [7, 11) is -17.0. The number of aromatic nitrogens is 3. The minimum Gasteiger partial charge on any atom is -0.396 e. The van der Waals surface area contributed by atoms with Gasteiger partial charge >= 0.3 is 29.2 Å². The number of ether oxygens (including phenoxy) is 1. The predicted octanol–water partition coefficient (Wildman–Crippen LogP) is -1.22. The van der Waals surface area contributed by atoms with Gasteiger partial charge < -0.3 is 29.4 Å². The molecule has 4 unspecified atom stereocenters. The number of H-pyrrole nitrogens is 1. The molecule has 1 aliphatic heterocycles. The number of alkyl halides is 1. The van der Waals surface area contributed by atoms with Crippen molar-refractivity contribution in [3.8, 4) is 12.3 Å². The molecule has 0 amide bonds. The number of hydrogen-bond acceptors (Lipinski definition) is 11. The third-order valence-electron chi connectivity index (χ3n) is 4.14. The largest absolute Gasteiger partial charge is 0.490 e. The van der Waals surface area contributed by atoms with Crippen LogP contribution in [0.15, 0.2) is 15.8 Å². The van der Waals surface area contributed by atoms with Crippen LogP contribution in [0.1, 0.15) is 13.2 Å². The van der Waals surface area contributed by atoms with E-state index in [1.807, 2.05) is 4.98 Å². The second kappa shape index (κ2) is 9.80. The van der Waals surface area contributed by atoms with E-state index in [1.54, 1.807) is 0 Å². The van der Waals surface area contributed by atoms with Gasteiger partial charge in [0.2, 0.25) is 0 Å². The lowest BCUT2D eigenvalue weighted by Gasteiger charge is -2.28. The van der Waals surface area contributed by atoms with Gasteiger partial charge in [0, 0.05) is 5.92 Å². The molecule has 7 atom stereocenters. The van der Waals surface area contributed by atoms with Crippen molar-refractivity contribution in [2.24, 2.45) is 5.92 Å². The average molecular weight is 556 g/mol. The molecule has 1 saturated heterocycles. The Morgan fingerprint density at radius 1 is 1.30 bits per heavy atom. The molecule has 0 spiro atoms. The smallest absolute Gasteiger partial charge is 0.396 e. The average Bonchev–Trinajstić information content (AvgIpc) is 2.91. The third-order valence-corrected chi connectivity index (χ3v) is 8.64. The highest BCUT2D eigenvalue weighted by Crippen LogP contribution is 2.67. The van der Waals surface area contributed by atoms with Crippen LogP contribution in [0.5, 0.6) is 0 Å². The lowest BCUT2D eigenvalue weighted by Crippen LogP contribution is -2.44. The van der Waals surface area contributed by atoms with Crippen LogP contribution >= 0.6 is 35.1 Å². The van der Waals surface area contributed by atoms with E-state index < -0.39 is 70.6 Å². The monoisotopic (exact) mass is 555 g/mol. The summed E-state index contributed by atoms with van der Waals surface area (Å²) in [5, 5.41) is 13.4. The Bertz CT molecular complexity index is 1190. The summed E-state index contributed by atoms with van der Waals surface area (Å²) < 4.78 is 52.3. The molecule has 6 N–H and O–H groups in total. The topological polar surface area (TPSA) is 257 Å². The van der Waals surface area contributed by atoms with Crippen LogP contribution in [0.4, 0.5) is 0 Å². The highest BCUT2D eigenvalue weighted by Gasteiger charge is 2.59. The van der Waals surface area contributed by atoms with Crippen molar-refractivity contribution < 1.29 is 56.3 Å². The van der Waals surface area contributed by atoms with Crippen molar-refractivity contribution in [3.63, 3.8) is 0 Å². The fraction of sp³-hybridized carbons (Fsp3) is 0.583. The molecule has 1 aliphatic rings. The summed E-state index contributed by atoms with van der Waals surface area (Å²) in [6.45, 7) is 0.238. The van der Waals surface area contributed by atoms with Crippen LogP contribution in [0.3, 0.4) is 0 Å². The summed E-state index contributed by atoms with van der Waals surface area (Å²) >= 11 is 6.40. The maximum absolute atomic E-state index is 12.1. The lowest BCUT2D eigenvalue weighted by molar-refractivity contribution is -0.0709. The molecule has 1 aromatic rings. The summed E-state index contributed by atoms with van der Waals surface area (Å²) in [5.41, 5.74) is -1.95. The molecule has 0 bridgehead atoms. The molecule has 2 heterocycles. The van der Waals surface area contributed by atoms with E-state index in [0.717, 1.165) is 6.92 Å². The van der Waals surface area contributed by atoms with Crippen LogP contribution in [0.25, 0.3) is 0 Å². The first kappa shape index (κ1) is 28.0. The van der Waals surface area contributed by atoms with Crippen LogP contribution in [0, 0.1) is 18.3 Å². The Labute approximate surface area is 188 Å². The normalized spacial score (nSPS) is 30.2. The van der Waals surface area contributed by atoms with E-state index in [1.165, 1.54) is 0 Å². The fourth-order valence-electron chi connectivity index (χ4n) is 2.95. The van der Waals surface area contributed by atoms with E-state index in [4.69, 9.17) is 32.5 Å². The van der Waals surface area contributed by atoms with Gasteiger partial charge in [-0.15, -0.1) is 6.42 Å². The maximum Gasteiger partial charge on any atom is 0.490 e. The van der Waals surface area contributed by atoms with E-state index in [-0.39, 0.29) is 0 Å². The van der Waals surface area contributed by atoms with Gasteiger partial charge in [-0.25, -0.2) is 18.5 Å². The predicted molar refractivity (Wildman–Crippen MR) is 105 cm³/mol. The van der Waals surface area contributed by atoms with Gasteiger partial charge in [-0.05, 0) is 6.92 Å². The number of aromatic amines is 1. The number of phosphoric acid groups is 3. The summed E-state index contributed by atoms with van der Waals surface area (Å²) in [4.78, 5) is 59.3. The highest BCUT2D eigenvalue weighted by molar-refractivity contribution is 7.66. The fourth-order valence-corrected chi connectivity index (χ4v) is 6.49. The van der Waals surface area contributed by atoms with Crippen LogP contribution in [0.2, 0.25) is 0 Å². The Morgan fingerprint density at radius 2 is 1.91 bits per heavy atom. The van der Waals surface area contributed by atoms with Crippen molar-refractivity contribution >= 4 is 35.1 Å². The minimum atomic E-state index is -5.79. The zero-order chi connectivity index (χ0) is 25.4. The molecule has 17 nitrogen and oxygen atoms in total. The van der Waals surface area contributed by atoms with Crippen LogP contribution in [-0.4, -0.2) is 63.1 Å². The van der Waals surface area contributed by atoms with E-state index in [0.29, 0.717) is 10.9 Å². The molecule has 0 radical (unpaired) electrons. The lowest BCUT2D eigenvalue weighted by atomic mass is 9.87. The second-order valence-electron chi connectivity index (χ2n) is 6.44. The zero-order valence-electron chi connectivity index (χ0n) is 16.2. The summed E-state index contributed by atoms with van der Waals surface area (Å²) in [6.07, 6.45) is 1.41. The molecule has 0 aliphatic carbocycles. The van der Waals surface area contributed by atoms with Crippen molar-refractivity contribution in [3.05, 3.63) is 27.0 Å². The van der Waals surface area contributed by atoms with Crippen LogP contribution in [-0.2, 0) is 31.6 Å². The van der Waals surface area contributed by atoms with Gasteiger partial charge in [-0.2, -0.15) is 18.4 Å².